The fraction of sp³-hybridized carbons (Fsp3) is 0.611. The lowest BCUT2D eigenvalue weighted by Crippen LogP contribution is -2.33. The van der Waals surface area contributed by atoms with Crippen LogP contribution in [-0.2, 0) is 10.8 Å². The molecular weight excluding hydrogens is 246 g/mol. The Labute approximate surface area is 122 Å². The fourth-order valence-corrected chi connectivity index (χ4v) is 4.23. The minimum Gasteiger partial charge on any atom is -0.411 e. The molecule has 0 aromatic heterocycles. The van der Waals surface area contributed by atoms with Gasteiger partial charge < -0.3 is 5.21 Å². The molecule has 1 aromatic rings. The number of hydrogen-bond acceptors (Lipinski definition) is 2. The van der Waals surface area contributed by atoms with Crippen LogP contribution in [0.2, 0.25) is 0 Å². The molecule has 0 saturated carbocycles. The molecule has 2 nitrogen and oxygen atoms in total. The summed E-state index contributed by atoms with van der Waals surface area (Å²) in [5.41, 5.74) is 6.85. The highest BCUT2D eigenvalue weighted by Crippen LogP contribution is 2.56. The first-order valence-corrected chi connectivity index (χ1v) is 7.54. The number of benzene rings is 1. The van der Waals surface area contributed by atoms with Gasteiger partial charge in [-0.3, -0.25) is 0 Å². The zero-order chi connectivity index (χ0) is 15.3. The van der Waals surface area contributed by atoms with Gasteiger partial charge in [-0.2, -0.15) is 0 Å². The summed E-state index contributed by atoms with van der Waals surface area (Å²) in [6.07, 6.45) is 2.71. The van der Waals surface area contributed by atoms with E-state index in [1.165, 1.54) is 22.3 Å². The van der Waals surface area contributed by atoms with E-state index in [1.807, 2.05) is 0 Å². The summed E-state index contributed by atoms with van der Waals surface area (Å²) in [5.74, 6) is 0.592. The van der Waals surface area contributed by atoms with Gasteiger partial charge in [0.1, 0.15) is 0 Å². The first kappa shape index (κ1) is 15.1. The summed E-state index contributed by atoms with van der Waals surface area (Å²) in [6.45, 7) is 16.0. The van der Waals surface area contributed by atoms with Crippen molar-refractivity contribution >= 4 is 6.21 Å². The molecule has 0 heterocycles. The molecule has 2 heteroatoms. The zero-order valence-corrected chi connectivity index (χ0v) is 13.8. The monoisotopic (exact) mass is 273 g/mol. The van der Waals surface area contributed by atoms with E-state index in [4.69, 9.17) is 5.21 Å². The molecule has 0 fully saturated rings. The van der Waals surface area contributed by atoms with Crippen molar-refractivity contribution in [2.24, 2.45) is 11.1 Å². The maximum Gasteiger partial charge on any atom is 0.0739 e. The first-order valence-electron chi connectivity index (χ1n) is 7.54. The summed E-state index contributed by atoms with van der Waals surface area (Å²) in [7, 11) is 0. The predicted octanol–water partition coefficient (Wildman–Crippen LogP) is 4.71. The Hall–Kier alpha value is -1.31. The van der Waals surface area contributed by atoms with Crippen LogP contribution in [0.25, 0.3) is 0 Å². The number of aryl methyl sites for hydroxylation is 1. The van der Waals surface area contributed by atoms with Crippen LogP contribution in [-0.4, -0.2) is 11.4 Å². The summed E-state index contributed by atoms with van der Waals surface area (Å²) in [6, 6.07) is 2.30. The van der Waals surface area contributed by atoms with Crippen molar-refractivity contribution < 1.29 is 5.21 Å². The third-order valence-electron chi connectivity index (χ3n) is 6.06. The standard InChI is InChI=1S/C18H27NO/c1-8-18(7)13(4)17(5,6)15-9-11(2)14(10-19-20)12(3)16(15)18/h9-10,13,20H,8H2,1-7H3. The zero-order valence-electron chi connectivity index (χ0n) is 13.8. The minimum atomic E-state index is 0.185. The number of oxime groups is 1. The molecule has 2 atom stereocenters. The Balaban J connectivity index is 2.86. The van der Waals surface area contributed by atoms with E-state index in [2.05, 4.69) is 59.7 Å². The maximum atomic E-state index is 8.93. The molecule has 1 aromatic carbocycles. The van der Waals surface area contributed by atoms with Crippen molar-refractivity contribution in [3.63, 3.8) is 0 Å². The quantitative estimate of drug-likeness (QED) is 0.472. The molecule has 1 N–H and O–H groups in total. The van der Waals surface area contributed by atoms with Crippen molar-refractivity contribution in [1.82, 2.24) is 0 Å². The molecule has 2 unspecified atom stereocenters. The van der Waals surface area contributed by atoms with Gasteiger partial charge in [0.15, 0.2) is 0 Å². The van der Waals surface area contributed by atoms with Crippen molar-refractivity contribution in [2.45, 2.75) is 65.7 Å². The number of fused-ring (bicyclic) bond motifs is 1. The first-order chi connectivity index (χ1) is 9.21. The highest BCUT2D eigenvalue weighted by molar-refractivity contribution is 5.85. The average Bonchev–Trinajstić information content (AvgIpc) is 2.54. The van der Waals surface area contributed by atoms with Gasteiger partial charge in [-0.05, 0) is 59.3 Å². The van der Waals surface area contributed by atoms with Crippen LogP contribution in [0.4, 0.5) is 0 Å². The van der Waals surface area contributed by atoms with Gasteiger partial charge in [-0.15, -0.1) is 0 Å². The third kappa shape index (κ3) is 1.73. The second-order valence-electron chi connectivity index (χ2n) is 7.11. The number of nitrogens with zero attached hydrogens (tertiary/aromatic N) is 1. The molecule has 0 saturated heterocycles. The van der Waals surface area contributed by atoms with E-state index in [0.717, 1.165) is 12.0 Å². The lowest BCUT2D eigenvalue weighted by Gasteiger charge is -2.35. The molecule has 0 spiro atoms. The minimum absolute atomic E-state index is 0.185. The van der Waals surface area contributed by atoms with E-state index in [-0.39, 0.29) is 10.8 Å². The third-order valence-corrected chi connectivity index (χ3v) is 6.06. The second-order valence-corrected chi connectivity index (χ2v) is 7.11. The van der Waals surface area contributed by atoms with Gasteiger partial charge >= 0.3 is 0 Å². The molecule has 0 bridgehead atoms. The highest BCUT2D eigenvalue weighted by Gasteiger charge is 2.51. The summed E-state index contributed by atoms with van der Waals surface area (Å²) < 4.78 is 0. The van der Waals surface area contributed by atoms with E-state index < -0.39 is 0 Å². The van der Waals surface area contributed by atoms with Crippen LogP contribution >= 0.6 is 0 Å². The van der Waals surface area contributed by atoms with Crippen LogP contribution < -0.4 is 0 Å². The number of rotatable bonds is 2. The normalized spacial score (nSPS) is 28.1. The van der Waals surface area contributed by atoms with E-state index >= 15 is 0 Å². The van der Waals surface area contributed by atoms with Gasteiger partial charge in [0, 0.05) is 5.56 Å². The van der Waals surface area contributed by atoms with E-state index in [9.17, 15) is 0 Å². The van der Waals surface area contributed by atoms with E-state index in [1.54, 1.807) is 6.21 Å². The molecular formula is C18H27NO. The lowest BCUT2D eigenvalue weighted by atomic mass is 9.68. The molecule has 2 rings (SSSR count). The summed E-state index contributed by atoms with van der Waals surface area (Å²) >= 11 is 0. The molecule has 110 valence electrons. The summed E-state index contributed by atoms with van der Waals surface area (Å²) in [5, 5.41) is 12.2. The molecule has 0 aliphatic heterocycles. The largest absolute Gasteiger partial charge is 0.411 e. The van der Waals surface area contributed by atoms with Gasteiger partial charge in [-0.1, -0.05) is 45.8 Å². The summed E-state index contributed by atoms with van der Waals surface area (Å²) in [4.78, 5) is 0. The maximum absolute atomic E-state index is 8.93. The van der Waals surface area contributed by atoms with Crippen molar-refractivity contribution in [2.75, 3.05) is 0 Å². The average molecular weight is 273 g/mol. The van der Waals surface area contributed by atoms with Crippen LogP contribution in [0.1, 0.15) is 68.9 Å². The van der Waals surface area contributed by atoms with Crippen molar-refractivity contribution in [3.05, 3.63) is 33.9 Å². The molecule has 1 aliphatic carbocycles. The fourth-order valence-electron chi connectivity index (χ4n) is 4.23. The predicted molar refractivity (Wildman–Crippen MR) is 85.1 cm³/mol. The molecule has 0 radical (unpaired) electrons. The topological polar surface area (TPSA) is 32.6 Å². The van der Waals surface area contributed by atoms with Crippen LogP contribution in [0, 0.1) is 19.8 Å². The van der Waals surface area contributed by atoms with Crippen molar-refractivity contribution in [1.29, 1.82) is 0 Å². The Morgan fingerprint density at radius 1 is 1.30 bits per heavy atom. The Morgan fingerprint density at radius 2 is 1.90 bits per heavy atom. The Kier molecular flexibility index (Phi) is 3.48. The van der Waals surface area contributed by atoms with Crippen LogP contribution in [0.15, 0.2) is 11.2 Å². The van der Waals surface area contributed by atoms with Gasteiger partial charge in [0.25, 0.3) is 0 Å². The Bertz CT molecular complexity index is 571. The van der Waals surface area contributed by atoms with Crippen molar-refractivity contribution in [3.8, 4) is 0 Å². The molecule has 20 heavy (non-hydrogen) atoms. The molecule has 0 amide bonds. The van der Waals surface area contributed by atoms with Gasteiger partial charge in [0.2, 0.25) is 0 Å². The smallest absolute Gasteiger partial charge is 0.0739 e. The molecule has 1 aliphatic rings. The highest BCUT2D eigenvalue weighted by atomic mass is 16.4. The van der Waals surface area contributed by atoms with Crippen LogP contribution in [0.3, 0.4) is 0 Å². The lowest BCUT2D eigenvalue weighted by molar-refractivity contribution is 0.239. The Morgan fingerprint density at radius 3 is 2.40 bits per heavy atom. The van der Waals surface area contributed by atoms with Gasteiger partial charge in [0.05, 0.1) is 6.21 Å². The van der Waals surface area contributed by atoms with E-state index in [0.29, 0.717) is 5.92 Å². The number of hydrogen-bond donors (Lipinski definition) is 1. The second kappa shape index (κ2) is 4.61. The SMILES string of the molecule is CCC1(C)c2c(cc(C)c(C=NO)c2C)C(C)(C)C1C. The van der Waals surface area contributed by atoms with Crippen LogP contribution in [0.5, 0.6) is 0 Å². The van der Waals surface area contributed by atoms with Gasteiger partial charge in [-0.25, -0.2) is 0 Å².